The van der Waals surface area contributed by atoms with Crippen molar-refractivity contribution in [1.82, 2.24) is 15.0 Å². The monoisotopic (exact) mass is 648 g/mol. The molecule has 0 saturated carbocycles. The van der Waals surface area contributed by atoms with Crippen molar-refractivity contribution in [3.05, 3.63) is 164 Å². The molecule has 0 spiro atoms. The molecule has 0 radical (unpaired) electrons. The third kappa shape index (κ3) is 4.83. The lowest BCUT2D eigenvalue weighted by molar-refractivity contribution is 0.668. The molecule has 7 aromatic carbocycles. The highest BCUT2D eigenvalue weighted by Gasteiger charge is 2.17. The van der Waals surface area contributed by atoms with E-state index in [-0.39, 0.29) is 45.6 Å². The number of aromatic nitrogens is 3. The summed E-state index contributed by atoms with van der Waals surface area (Å²) in [5, 5.41) is 1.94. The topological polar surface area (TPSA) is 65.0 Å². The fourth-order valence-corrected chi connectivity index (χ4v) is 6.36. The van der Waals surface area contributed by atoms with Crippen LogP contribution in [0.25, 0.3) is 100 Å². The van der Waals surface area contributed by atoms with Gasteiger partial charge in [0.2, 0.25) is 0 Å². The highest BCUT2D eigenvalue weighted by molar-refractivity contribution is 6.07. The summed E-state index contributed by atoms with van der Waals surface area (Å²) in [5.74, 6) is 1.18. The molecule has 0 aliphatic rings. The molecule has 10 aromatic rings. The zero-order chi connectivity index (χ0) is 39.1. The van der Waals surface area contributed by atoms with Crippen molar-refractivity contribution in [2.24, 2.45) is 0 Å². The van der Waals surface area contributed by atoms with E-state index < -0.39 is 24.2 Å². The van der Waals surface area contributed by atoms with Crippen LogP contribution in [0, 0.1) is 0 Å². The second-order valence-electron chi connectivity index (χ2n) is 11.9. The maximum atomic E-state index is 9.38. The minimum absolute atomic E-state index is 0.00813. The molecule has 0 atom stereocenters. The average Bonchev–Trinajstić information content (AvgIpc) is 3.84. The van der Waals surface area contributed by atoms with Gasteiger partial charge in [0, 0.05) is 38.2 Å². The van der Waals surface area contributed by atoms with Gasteiger partial charge in [0.15, 0.2) is 17.5 Å². The first-order valence-electron chi connectivity index (χ1n) is 19.5. The number of hydrogen-bond acceptors (Lipinski definition) is 5. The van der Waals surface area contributed by atoms with E-state index in [1.807, 2.05) is 115 Å². The molecule has 5 heteroatoms. The van der Waals surface area contributed by atoms with Gasteiger partial charge in [-0.1, -0.05) is 109 Å². The molecule has 0 aliphatic carbocycles. The van der Waals surface area contributed by atoms with Crippen LogP contribution in [0.5, 0.6) is 0 Å². The molecule has 0 unspecified atom stereocenters. The molecule has 50 heavy (non-hydrogen) atoms. The number of fused-ring (bicyclic) bond motifs is 6. The summed E-state index contributed by atoms with van der Waals surface area (Å²) in [6.45, 7) is 0. The van der Waals surface area contributed by atoms with E-state index in [4.69, 9.17) is 30.6 Å². The standard InChI is InChI=1S/C45H27N3O2/c1-3-11-28(12-4-1)32-23-33(30-19-21-37-35-15-7-9-17-39(35)49-41(37)26-30)25-34(24-32)45-47-43(29-13-5-2-6-14-29)46-44(48-45)31-20-22-38-36-16-8-10-18-40(36)50-42(38)27-31/h1-27H/i7D,9D,15D,17D,19D,21D,26D. The van der Waals surface area contributed by atoms with Crippen LogP contribution >= 0.6 is 0 Å². The maximum absolute atomic E-state index is 9.38. The van der Waals surface area contributed by atoms with Gasteiger partial charge in [-0.25, -0.2) is 15.0 Å². The Morgan fingerprint density at radius 2 is 0.960 bits per heavy atom. The zero-order valence-electron chi connectivity index (χ0n) is 33.2. The van der Waals surface area contributed by atoms with Gasteiger partial charge in [0.25, 0.3) is 0 Å². The number of hydrogen-bond donors (Lipinski definition) is 0. The van der Waals surface area contributed by atoms with Crippen LogP contribution < -0.4 is 0 Å². The van der Waals surface area contributed by atoms with E-state index in [1.165, 1.54) is 0 Å². The Labute approximate surface area is 297 Å². The number of benzene rings is 7. The molecular formula is C45H27N3O2. The number of para-hydroxylation sites is 2. The van der Waals surface area contributed by atoms with Crippen molar-refractivity contribution >= 4 is 43.9 Å². The van der Waals surface area contributed by atoms with Crippen molar-refractivity contribution in [2.75, 3.05) is 0 Å². The van der Waals surface area contributed by atoms with Crippen LogP contribution in [-0.2, 0) is 0 Å². The summed E-state index contributed by atoms with van der Waals surface area (Å²) >= 11 is 0. The Hall–Kier alpha value is -6.85. The Kier molecular flexibility index (Phi) is 4.99. The van der Waals surface area contributed by atoms with Crippen LogP contribution in [0.2, 0.25) is 0 Å². The lowest BCUT2D eigenvalue weighted by Crippen LogP contribution is -2.00. The van der Waals surface area contributed by atoms with Gasteiger partial charge >= 0.3 is 0 Å². The average molecular weight is 649 g/mol. The van der Waals surface area contributed by atoms with Crippen molar-refractivity contribution in [3.63, 3.8) is 0 Å². The van der Waals surface area contributed by atoms with Crippen molar-refractivity contribution in [3.8, 4) is 56.4 Å². The van der Waals surface area contributed by atoms with Gasteiger partial charge in [-0.2, -0.15) is 0 Å². The fourth-order valence-electron chi connectivity index (χ4n) is 6.36. The highest BCUT2D eigenvalue weighted by Crippen LogP contribution is 2.37. The Morgan fingerprint density at radius 3 is 1.78 bits per heavy atom. The molecule has 234 valence electrons. The van der Waals surface area contributed by atoms with Crippen molar-refractivity contribution in [2.45, 2.75) is 0 Å². The van der Waals surface area contributed by atoms with Gasteiger partial charge in [0.1, 0.15) is 22.3 Å². The first-order valence-corrected chi connectivity index (χ1v) is 16.0. The molecule has 0 amide bonds. The van der Waals surface area contributed by atoms with E-state index in [9.17, 15) is 2.74 Å². The van der Waals surface area contributed by atoms with Crippen molar-refractivity contribution in [1.29, 1.82) is 0 Å². The van der Waals surface area contributed by atoms with E-state index in [0.717, 1.165) is 33.0 Å². The lowest BCUT2D eigenvalue weighted by Gasteiger charge is -2.12. The van der Waals surface area contributed by atoms with Crippen LogP contribution in [0.15, 0.2) is 172 Å². The summed E-state index contributed by atoms with van der Waals surface area (Å²) in [4.78, 5) is 14.9. The number of nitrogens with zero attached hydrogens (tertiary/aromatic N) is 3. The number of rotatable bonds is 5. The van der Waals surface area contributed by atoms with Crippen LogP contribution in [0.4, 0.5) is 0 Å². The summed E-state index contributed by atoms with van der Waals surface area (Å²) in [5.41, 5.74) is 5.35. The van der Waals surface area contributed by atoms with Gasteiger partial charge < -0.3 is 8.83 Å². The van der Waals surface area contributed by atoms with Gasteiger partial charge in [-0.15, -0.1) is 0 Å². The maximum Gasteiger partial charge on any atom is 0.164 e. The van der Waals surface area contributed by atoms with E-state index in [2.05, 4.69) is 0 Å². The summed E-state index contributed by atoms with van der Waals surface area (Å²) in [7, 11) is 0. The van der Waals surface area contributed by atoms with Gasteiger partial charge in [0.05, 0.1) is 9.60 Å². The Balaban J connectivity index is 1.22. The van der Waals surface area contributed by atoms with Crippen LogP contribution in [-0.4, -0.2) is 15.0 Å². The molecule has 0 aliphatic heterocycles. The largest absolute Gasteiger partial charge is 0.456 e. The quantitative estimate of drug-likeness (QED) is 0.186. The lowest BCUT2D eigenvalue weighted by atomic mass is 9.95. The fraction of sp³-hybridized carbons (Fsp3) is 0. The smallest absolute Gasteiger partial charge is 0.164 e. The predicted molar refractivity (Wildman–Crippen MR) is 202 cm³/mol. The van der Waals surface area contributed by atoms with Crippen LogP contribution in [0.3, 0.4) is 0 Å². The first-order chi connectivity index (χ1) is 27.7. The Bertz CT molecular complexity index is 3270. The minimum atomic E-state index is -0.486. The molecule has 10 rings (SSSR count). The van der Waals surface area contributed by atoms with Crippen LogP contribution in [0.1, 0.15) is 9.60 Å². The highest BCUT2D eigenvalue weighted by atomic mass is 16.3. The van der Waals surface area contributed by atoms with E-state index in [0.29, 0.717) is 39.7 Å². The molecule has 5 nitrogen and oxygen atoms in total. The summed E-state index contributed by atoms with van der Waals surface area (Å²) < 4.78 is 73.4. The van der Waals surface area contributed by atoms with Gasteiger partial charge in [-0.05, 0) is 76.8 Å². The molecule has 0 fully saturated rings. The molecule has 0 bridgehead atoms. The molecule has 3 aromatic heterocycles. The molecule has 3 heterocycles. The predicted octanol–water partition coefficient (Wildman–Crippen LogP) is 12.0. The van der Waals surface area contributed by atoms with Gasteiger partial charge in [-0.3, -0.25) is 0 Å². The SMILES string of the molecule is [2H]c1c([2H])c([2H])c2c(oc3c([2H])c(-c4cc(-c5ccccc5)cc(-c5nc(-c6ccccc6)nc(-c6ccc7c(c6)oc6ccccc67)n5)c4)c([2H])c([2H])c32)c1[2H]. The van der Waals surface area contributed by atoms with Crippen molar-refractivity contribution < 1.29 is 18.4 Å². The summed E-state index contributed by atoms with van der Waals surface area (Å²) in [6.07, 6.45) is 0. The third-order valence-electron chi connectivity index (χ3n) is 8.78. The second-order valence-corrected chi connectivity index (χ2v) is 11.9. The molecule has 0 saturated heterocycles. The zero-order valence-corrected chi connectivity index (χ0v) is 26.2. The van der Waals surface area contributed by atoms with E-state index in [1.54, 1.807) is 6.07 Å². The molecular weight excluding hydrogens is 615 g/mol. The third-order valence-corrected chi connectivity index (χ3v) is 8.78. The minimum Gasteiger partial charge on any atom is -0.456 e. The molecule has 0 N–H and O–H groups in total. The Morgan fingerprint density at radius 1 is 0.360 bits per heavy atom. The first kappa shape index (κ1) is 21.9. The number of furan rings is 2. The van der Waals surface area contributed by atoms with E-state index >= 15 is 0 Å². The summed E-state index contributed by atoms with van der Waals surface area (Å²) in [6, 6.07) is 35.9. The normalized spacial score (nSPS) is 13.6. The second kappa shape index (κ2) is 11.4.